The summed E-state index contributed by atoms with van der Waals surface area (Å²) < 4.78 is 0. The topological polar surface area (TPSA) is 72.3 Å². The Labute approximate surface area is 142 Å². The number of hydrogen-bond acceptors (Lipinski definition) is 3. The lowest BCUT2D eigenvalue weighted by atomic mass is 9.75. The van der Waals surface area contributed by atoms with Crippen molar-refractivity contribution in [3.05, 3.63) is 108 Å². The molecule has 3 aromatic carbocycles. The zero-order valence-corrected chi connectivity index (χ0v) is 13.4. The predicted molar refractivity (Wildman–Crippen MR) is 97.1 cm³/mol. The summed E-state index contributed by atoms with van der Waals surface area (Å²) in [6, 6.07) is 27.2. The molecule has 0 bridgehead atoms. The Balaban J connectivity index is 2.11. The summed E-state index contributed by atoms with van der Waals surface area (Å²) in [5.74, 6) is 0. The molecule has 1 unspecified atom stereocenters. The molecule has 0 spiro atoms. The van der Waals surface area contributed by atoms with Crippen molar-refractivity contribution in [1.29, 1.82) is 0 Å². The van der Waals surface area contributed by atoms with E-state index in [4.69, 9.17) is 11.5 Å². The number of rotatable bonds is 5. The predicted octanol–water partition coefficient (Wildman–Crippen LogP) is 3.27. The smallest absolute Gasteiger partial charge is 0.128 e. The summed E-state index contributed by atoms with van der Waals surface area (Å²) in [5, 5.41) is 11.7. The van der Waals surface area contributed by atoms with Gasteiger partial charge in [0.25, 0.3) is 0 Å². The summed E-state index contributed by atoms with van der Waals surface area (Å²) in [5.41, 5.74) is 14.0. The quantitative estimate of drug-likeness (QED) is 0.676. The van der Waals surface area contributed by atoms with Gasteiger partial charge in [-0.05, 0) is 16.7 Å². The van der Waals surface area contributed by atoms with Crippen molar-refractivity contribution in [3.8, 4) is 0 Å². The number of hydrogen-bond donors (Lipinski definition) is 3. The second-order valence-corrected chi connectivity index (χ2v) is 5.97. The zero-order chi connectivity index (χ0) is 17.0. The molecule has 0 heterocycles. The van der Waals surface area contributed by atoms with Crippen LogP contribution in [-0.2, 0) is 5.60 Å². The summed E-state index contributed by atoms with van der Waals surface area (Å²) in [6.07, 6.45) is 0. The van der Waals surface area contributed by atoms with E-state index in [2.05, 4.69) is 0 Å². The Morgan fingerprint density at radius 1 is 0.583 bits per heavy atom. The molecule has 0 aliphatic rings. The van der Waals surface area contributed by atoms with E-state index in [-0.39, 0.29) is 0 Å². The van der Waals surface area contributed by atoms with Crippen LogP contribution in [0.3, 0.4) is 0 Å². The molecule has 0 amide bonds. The molecule has 0 saturated carbocycles. The van der Waals surface area contributed by atoms with E-state index in [0.717, 1.165) is 11.1 Å². The Morgan fingerprint density at radius 2 is 0.917 bits per heavy atom. The van der Waals surface area contributed by atoms with Crippen LogP contribution in [0.25, 0.3) is 0 Å². The van der Waals surface area contributed by atoms with Gasteiger partial charge in [-0.25, -0.2) is 0 Å². The van der Waals surface area contributed by atoms with E-state index in [1.807, 2.05) is 91.0 Å². The van der Waals surface area contributed by atoms with Gasteiger partial charge in [-0.15, -0.1) is 0 Å². The van der Waals surface area contributed by atoms with Crippen LogP contribution in [0.5, 0.6) is 0 Å². The van der Waals surface area contributed by atoms with Crippen LogP contribution in [0.4, 0.5) is 0 Å². The molecule has 0 fully saturated rings. The maximum atomic E-state index is 11.7. The third kappa shape index (κ3) is 2.97. The Hall–Kier alpha value is -2.46. The van der Waals surface area contributed by atoms with E-state index in [1.165, 1.54) is 0 Å². The van der Waals surface area contributed by atoms with Gasteiger partial charge in [0.2, 0.25) is 0 Å². The number of aliphatic hydroxyl groups is 1. The maximum absolute atomic E-state index is 11.7. The minimum Gasteiger partial charge on any atom is -0.381 e. The van der Waals surface area contributed by atoms with Crippen molar-refractivity contribution in [2.75, 3.05) is 0 Å². The highest BCUT2D eigenvalue weighted by Crippen LogP contribution is 2.42. The highest BCUT2D eigenvalue weighted by molar-refractivity contribution is 5.36. The molecule has 3 rings (SSSR count). The lowest BCUT2D eigenvalue weighted by molar-refractivity contribution is -0.0180. The average molecular weight is 318 g/mol. The number of benzene rings is 3. The van der Waals surface area contributed by atoms with Gasteiger partial charge < -0.3 is 16.6 Å². The van der Waals surface area contributed by atoms with E-state index in [9.17, 15) is 5.11 Å². The highest BCUT2D eigenvalue weighted by atomic mass is 16.3. The monoisotopic (exact) mass is 318 g/mol. The van der Waals surface area contributed by atoms with Crippen LogP contribution in [-0.4, -0.2) is 5.11 Å². The highest BCUT2D eigenvalue weighted by Gasteiger charge is 2.43. The Bertz CT molecular complexity index is 714. The maximum Gasteiger partial charge on any atom is 0.128 e. The van der Waals surface area contributed by atoms with Crippen molar-refractivity contribution < 1.29 is 5.11 Å². The molecular weight excluding hydrogens is 296 g/mol. The van der Waals surface area contributed by atoms with Crippen molar-refractivity contribution in [2.45, 2.75) is 17.7 Å². The average Bonchev–Trinajstić information content (AvgIpc) is 2.68. The van der Waals surface area contributed by atoms with Gasteiger partial charge in [-0.3, -0.25) is 0 Å². The van der Waals surface area contributed by atoms with Gasteiger partial charge in [0.05, 0.1) is 12.1 Å². The first-order chi connectivity index (χ1) is 11.6. The molecule has 24 heavy (non-hydrogen) atoms. The summed E-state index contributed by atoms with van der Waals surface area (Å²) >= 11 is 0. The fourth-order valence-corrected chi connectivity index (χ4v) is 3.09. The van der Waals surface area contributed by atoms with Gasteiger partial charge in [0.1, 0.15) is 5.60 Å². The molecule has 3 nitrogen and oxygen atoms in total. The second-order valence-electron chi connectivity index (χ2n) is 5.97. The van der Waals surface area contributed by atoms with E-state index in [0.29, 0.717) is 5.56 Å². The minimum absolute atomic E-state index is 0.656. The first-order valence-corrected chi connectivity index (χ1v) is 8.03. The van der Waals surface area contributed by atoms with Gasteiger partial charge in [-0.2, -0.15) is 0 Å². The van der Waals surface area contributed by atoms with Crippen LogP contribution < -0.4 is 11.5 Å². The van der Waals surface area contributed by atoms with Crippen LogP contribution >= 0.6 is 0 Å². The van der Waals surface area contributed by atoms with E-state index < -0.39 is 17.7 Å². The van der Waals surface area contributed by atoms with Gasteiger partial charge >= 0.3 is 0 Å². The van der Waals surface area contributed by atoms with Crippen LogP contribution in [0.15, 0.2) is 91.0 Å². The molecule has 122 valence electrons. The zero-order valence-electron chi connectivity index (χ0n) is 13.4. The third-order valence-electron chi connectivity index (χ3n) is 4.50. The van der Waals surface area contributed by atoms with Crippen LogP contribution in [0.2, 0.25) is 0 Å². The molecule has 0 aliphatic heterocycles. The largest absolute Gasteiger partial charge is 0.381 e. The molecular formula is C21H22N2O. The SMILES string of the molecule is N[C@H](c1ccccc1)C(O)(c1ccccc1)[C@@H](N)c1ccccc1. The van der Waals surface area contributed by atoms with Crippen molar-refractivity contribution in [2.24, 2.45) is 11.5 Å². The van der Waals surface area contributed by atoms with Gasteiger partial charge in [-0.1, -0.05) is 91.0 Å². The third-order valence-corrected chi connectivity index (χ3v) is 4.50. The lowest BCUT2D eigenvalue weighted by Gasteiger charge is -2.40. The first kappa shape index (κ1) is 16.4. The van der Waals surface area contributed by atoms with Gasteiger partial charge in [0, 0.05) is 0 Å². The van der Waals surface area contributed by atoms with E-state index in [1.54, 1.807) is 0 Å². The van der Waals surface area contributed by atoms with Crippen molar-refractivity contribution >= 4 is 0 Å². The molecule has 0 saturated heterocycles. The molecule has 0 radical (unpaired) electrons. The Kier molecular flexibility index (Phi) is 4.76. The normalized spacial score (nSPS) is 16.1. The minimum atomic E-state index is -1.43. The number of nitrogens with two attached hydrogens (primary N) is 2. The van der Waals surface area contributed by atoms with Crippen LogP contribution in [0.1, 0.15) is 28.8 Å². The van der Waals surface area contributed by atoms with Gasteiger partial charge in [0.15, 0.2) is 0 Å². The Morgan fingerprint density at radius 3 is 1.29 bits per heavy atom. The standard InChI is InChI=1S/C21H22N2O/c22-19(16-10-4-1-5-11-16)21(24,18-14-8-3-9-15-18)20(23)17-12-6-2-7-13-17/h1-15,19-20,24H,22-23H2/t19-,20+,21?. The lowest BCUT2D eigenvalue weighted by Crippen LogP contribution is -2.47. The van der Waals surface area contributed by atoms with Crippen molar-refractivity contribution in [3.63, 3.8) is 0 Å². The molecule has 3 atom stereocenters. The summed E-state index contributed by atoms with van der Waals surface area (Å²) in [4.78, 5) is 0. The summed E-state index contributed by atoms with van der Waals surface area (Å²) in [6.45, 7) is 0. The molecule has 5 N–H and O–H groups in total. The fourth-order valence-electron chi connectivity index (χ4n) is 3.09. The molecule has 3 heteroatoms. The first-order valence-electron chi connectivity index (χ1n) is 8.03. The molecule has 0 aromatic heterocycles. The van der Waals surface area contributed by atoms with Crippen molar-refractivity contribution in [1.82, 2.24) is 0 Å². The van der Waals surface area contributed by atoms with Crippen LogP contribution in [0, 0.1) is 0 Å². The summed E-state index contributed by atoms with van der Waals surface area (Å²) in [7, 11) is 0. The fraction of sp³-hybridized carbons (Fsp3) is 0.143. The van der Waals surface area contributed by atoms with E-state index >= 15 is 0 Å². The second kappa shape index (κ2) is 6.97. The molecule has 3 aromatic rings. The molecule has 0 aliphatic carbocycles.